The van der Waals surface area contributed by atoms with Crippen molar-refractivity contribution in [3.8, 4) is 5.75 Å². The summed E-state index contributed by atoms with van der Waals surface area (Å²) < 4.78 is 45.7. The van der Waals surface area contributed by atoms with Crippen molar-refractivity contribution in [2.45, 2.75) is 17.7 Å². The van der Waals surface area contributed by atoms with E-state index in [-0.39, 0.29) is 29.7 Å². The zero-order valence-electron chi connectivity index (χ0n) is 16.9. The van der Waals surface area contributed by atoms with E-state index < -0.39 is 15.8 Å². The second kappa shape index (κ2) is 10.0. The van der Waals surface area contributed by atoms with E-state index >= 15 is 0 Å². The Balaban J connectivity index is 1.50. The number of nitrogens with one attached hydrogen (secondary N) is 1. The third-order valence-corrected chi connectivity index (χ3v) is 6.70. The van der Waals surface area contributed by atoms with Crippen LogP contribution in [0.5, 0.6) is 5.75 Å². The quantitative estimate of drug-likeness (QED) is 0.655. The Bertz CT molecular complexity index is 978. The van der Waals surface area contributed by atoms with Gasteiger partial charge >= 0.3 is 0 Å². The lowest BCUT2D eigenvalue weighted by Gasteiger charge is -2.18. The molecule has 0 bridgehead atoms. The Kier molecular flexibility index (Phi) is 7.41. The highest BCUT2D eigenvalue weighted by molar-refractivity contribution is 7.89. The highest BCUT2D eigenvalue weighted by Gasteiger charge is 2.27. The van der Waals surface area contributed by atoms with Crippen molar-refractivity contribution in [2.24, 2.45) is 0 Å². The second-order valence-electron chi connectivity index (χ2n) is 7.20. The van der Waals surface area contributed by atoms with Crippen LogP contribution in [0, 0.1) is 5.82 Å². The van der Waals surface area contributed by atoms with E-state index in [2.05, 4.69) is 5.32 Å². The Morgan fingerprint density at radius 1 is 1.17 bits per heavy atom. The monoisotopic (exact) mass is 435 g/mol. The Hall–Kier alpha value is -2.49. The summed E-state index contributed by atoms with van der Waals surface area (Å²) in [6.45, 7) is 1.79. The number of nitrogens with zero attached hydrogens (tertiary/aromatic N) is 2. The Morgan fingerprint density at radius 2 is 1.90 bits per heavy atom. The number of likely N-dealkylation sites (N-methyl/N-ethyl adjacent to an activating group) is 1. The molecule has 0 unspecified atom stereocenters. The van der Waals surface area contributed by atoms with Crippen LogP contribution < -0.4 is 10.1 Å². The van der Waals surface area contributed by atoms with Gasteiger partial charge in [0, 0.05) is 25.3 Å². The number of halogens is 1. The van der Waals surface area contributed by atoms with Crippen molar-refractivity contribution in [2.75, 3.05) is 45.2 Å². The number of carbonyl (C=O) groups is 1. The van der Waals surface area contributed by atoms with Gasteiger partial charge < -0.3 is 10.1 Å². The van der Waals surface area contributed by atoms with Gasteiger partial charge in [-0.05, 0) is 50.2 Å². The summed E-state index contributed by atoms with van der Waals surface area (Å²) in [6, 6.07) is 12.4. The first-order chi connectivity index (χ1) is 14.4. The van der Waals surface area contributed by atoms with Gasteiger partial charge in [0.25, 0.3) is 0 Å². The maximum atomic E-state index is 13.5. The van der Waals surface area contributed by atoms with Gasteiger partial charge in [-0.15, -0.1) is 0 Å². The van der Waals surface area contributed by atoms with Gasteiger partial charge in [0.2, 0.25) is 15.9 Å². The molecule has 0 spiro atoms. The standard InChI is InChI=1S/C21H26FN3O4S/c1-24(13-14-29-20-10-3-2-9-19(20)22)16-21(26)23-17-7-6-8-18(15-17)30(27,28)25-11-4-5-12-25/h2-3,6-10,15H,4-5,11-14,16H2,1H3,(H,23,26). The SMILES string of the molecule is CN(CCOc1ccccc1F)CC(=O)Nc1cccc(S(=O)(=O)N2CCCC2)c1. The molecule has 1 amide bonds. The topological polar surface area (TPSA) is 79.0 Å². The number of hydrogen-bond acceptors (Lipinski definition) is 5. The van der Waals surface area contributed by atoms with Crippen LogP contribution in [0.15, 0.2) is 53.4 Å². The molecule has 7 nitrogen and oxygen atoms in total. The van der Waals surface area contributed by atoms with E-state index in [1.165, 1.54) is 22.5 Å². The van der Waals surface area contributed by atoms with Gasteiger partial charge in [-0.2, -0.15) is 4.31 Å². The van der Waals surface area contributed by atoms with Gasteiger partial charge in [0.05, 0.1) is 11.4 Å². The van der Waals surface area contributed by atoms with Gasteiger partial charge in [-0.3, -0.25) is 9.69 Å². The molecule has 0 atom stereocenters. The number of carbonyl (C=O) groups excluding carboxylic acids is 1. The molecule has 1 aliphatic heterocycles. The number of benzene rings is 2. The molecule has 1 heterocycles. The molecule has 1 saturated heterocycles. The van der Waals surface area contributed by atoms with E-state index in [9.17, 15) is 17.6 Å². The molecule has 30 heavy (non-hydrogen) atoms. The minimum absolute atomic E-state index is 0.0870. The van der Waals surface area contributed by atoms with Crippen molar-refractivity contribution in [3.05, 3.63) is 54.3 Å². The van der Waals surface area contributed by atoms with Crippen LogP contribution in [0.1, 0.15) is 12.8 Å². The normalized spacial score (nSPS) is 14.8. The smallest absolute Gasteiger partial charge is 0.243 e. The molecule has 0 aromatic heterocycles. The first-order valence-electron chi connectivity index (χ1n) is 9.82. The molecule has 162 valence electrons. The molecule has 9 heteroatoms. The van der Waals surface area contributed by atoms with Gasteiger partial charge in [0.15, 0.2) is 11.6 Å². The Labute approximate surface area is 176 Å². The molecule has 2 aromatic carbocycles. The number of hydrogen-bond donors (Lipinski definition) is 1. The summed E-state index contributed by atoms with van der Waals surface area (Å²) in [5, 5.41) is 2.73. The van der Waals surface area contributed by atoms with Crippen LogP contribution in [0.3, 0.4) is 0 Å². The van der Waals surface area contributed by atoms with Crippen LogP contribution in [-0.2, 0) is 14.8 Å². The molecule has 2 aromatic rings. The minimum atomic E-state index is -3.54. The van der Waals surface area contributed by atoms with Crippen molar-refractivity contribution in [1.82, 2.24) is 9.21 Å². The van der Waals surface area contributed by atoms with Crippen molar-refractivity contribution in [3.63, 3.8) is 0 Å². The lowest BCUT2D eigenvalue weighted by atomic mass is 10.3. The summed E-state index contributed by atoms with van der Waals surface area (Å²) in [4.78, 5) is 14.2. The number of rotatable bonds is 9. The van der Waals surface area contributed by atoms with Crippen LogP contribution in [-0.4, -0.2) is 63.4 Å². The molecular formula is C21H26FN3O4S. The maximum absolute atomic E-state index is 13.5. The molecular weight excluding hydrogens is 409 g/mol. The fourth-order valence-electron chi connectivity index (χ4n) is 3.21. The third-order valence-electron chi connectivity index (χ3n) is 4.80. The number of sulfonamides is 1. The predicted octanol–water partition coefficient (Wildman–Crippen LogP) is 2.56. The van der Waals surface area contributed by atoms with Gasteiger partial charge in [-0.25, -0.2) is 12.8 Å². The van der Waals surface area contributed by atoms with Crippen molar-refractivity contribution in [1.29, 1.82) is 0 Å². The summed E-state index contributed by atoms with van der Waals surface area (Å²) >= 11 is 0. The molecule has 3 rings (SSSR count). The largest absolute Gasteiger partial charge is 0.489 e. The fourth-order valence-corrected chi connectivity index (χ4v) is 4.77. The molecule has 1 N–H and O–H groups in total. The van der Waals surface area contributed by atoms with Crippen molar-refractivity contribution >= 4 is 21.6 Å². The summed E-state index contributed by atoms with van der Waals surface area (Å²) in [5.74, 6) is -0.535. The first-order valence-corrected chi connectivity index (χ1v) is 11.3. The van der Waals surface area contributed by atoms with E-state index in [1.54, 1.807) is 42.3 Å². The average molecular weight is 436 g/mol. The highest BCUT2D eigenvalue weighted by Crippen LogP contribution is 2.23. The number of ether oxygens (including phenoxy) is 1. The molecule has 1 fully saturated rings. The maximum Gasteiger partial charge on any atom is 0.243 e. The van der Waals surface area contributed by atoms with Crippen LogP contribution in [0.4, 0.5) is 10.1 Å². The van der Waals surface area contributed by atoms with E-state index in [0.717, 1.165) is 12.8 Å². The second-order valence-corrected chi connectivity index (χ2v) is 9.14. The highest BCUT2D eigenvalue weighted by atomic mass is 32.2. The number of amides is 1. The zero-order chi connectivity index (χ0) is 21.6. The van der Waals surface area contributed by atoms with Crippen LogP contribution in [0.2, 0.25) is 0 Å². The number of para-hydroxylation sites is 1. The van der Waals surface area contributed by atoms with Gasteiger partial charge in [0.1, 0.15) is 6.61 Å². The molecule has 0 radical (unpaired) electrons. The summed E-state index contributed by atoms with van der Waals surface area (Å²) in [6.07, 6.45) is 1.73. The minimum Gasteiger partial charge on any atom is -0.489 e. The fraction of sp³-hybridized carbons (Fsp3) is 0.381. The first kappa shape index (κ1) is 22.2. The summed E-state index contributed by atoms with van der Waals surface area (Å²) in [5.41, 5.74) is 0.427. The van der Waals surface area contributed by atoms with E-state index in [4.69, 9.17) is 4.74 Å². The molecule has 0 aliphatic carbocycles. The van der Waals surface area contributed by atoms with E-state index in [1.807, 2.05) is 0 Å². The summed E-state index contributed by atoms with van der Waals surface area (Å²) in [7, 11) is -1.79. The van der Waals surface area contributed by atoms with Crippen molar-refractivity contribution < 1.29 is 22.3 Å². The van der Waals surface area contributed by atoms with Gasteiger partial charge in [-0.1, -0.05) is 18.2 Å². The third kappa shape index (κ3) is 5.78. The predicted molar refractivity (Wildman–Crippen MR) is 112 cm³/mol. The molecule has 1 aliphatic rings. The number of anilines is 1. The van der Waals surface area contributed by atoms with Crippen LogP contribution in [0.25, 0.3) is 0 Å². The lowest BCUT2D eigenvalue weighted by molar-refractivity contribution is -0.117. The Morgan fingerprint density at radius 3 is 2.63 bits per heavy atom. The van der Waals surface area contributed by atoms with E-state index in [0.29, 0.717) is 25.3 Å². The average Bonchev–Trinajstić information content (AvgIpc) is 3.25. The zero-order valence-corrected chi connectivity index (χ0v) is 17.7. The molecule has 0 saturated carbocycles. The lowest BCUT2D eigenvalue weighted by Crippen LogP contribution is -2.33. The van der Waals surface area contributed by atoms with Crippen LogP contribution >= 0.6 is 0 Å².